The molecule has 1 unspecified atom stereocenters. The zero-order valence-electron chi connectivity index (χ0n) is 8.27. The van der Waals surface area contributed by atoms with E-state index in [2.05, 4.69) is 0 Å². The van der Waals surface area contributed by atoms with Crippen molar-refractivity contribution < 1.29 is 15.3 Å². The molecule has 1 atom stereocenters. The van der Waals surface area contributed by atoms with Crippen molar-refractivity contribution in [1.29, 1.82) is 0 Å². The lowest BCUT2D eigenvalue weighted by Crippen LogP contribution is -1.97. The minimum atomic E-state index is -0.693. The highest BCUT2D eigenvalue weighted by Crippen LogP contribution is 2.30. The van der Waals surface area contributed by atoms with Crippen LogP contribution in [0.2, 0.25) is 0 Å². The van der Waals surface area contributed by atoms with Gasteiger partial charge in [-0.15, -0.1) is 0 Å². The summed E-state index contributed by atoms with van der Waals surface area (Å²) in [7, 11) is 0. The second-order valence-electron chi connectivity index (χ2n) is 3.40. The number of unbranched alkanes of at least 4 members (excludes halogenated alkanes) is 1. The molecule has 0 heterocycles. The van der Waals surface area contributed by atoms with Crippen LogP contribution in [0.4, 0.5) is 0 Å². The first kappa shape index (κ1) is 10.9. The van der Waals surface area contributed by atoms with Gasteiger partial charge in [-0.25, -0.2) is 0 Å². The summed E-state index contributed by atoms with van der Waals surface area (Å²) in [4.78, 5) is 0. The number of hydrogen-bond acceptors (Lipinski definition) is 3. The highest BCUT2D eigenvalue weighted by molar-refractivity contribution is 5.39. The van der Waals surface area contributed by atoms with Crippen LogP contribution < -0.4 is 0 Å². The van der Waals surface area contributed by atoms with Gasteiger partial charge in [0.1, 0.15) is 11.5 Å². The van der Waals surface area contributed by atoms with E-state index in [0.29, 0.717) is 12.0 Å². The highest BCUT2D eigenvalue weighted by atomic mass is 16.3. The van der Waals surface area contributed by atoms with Gasteiger partial charge < -0.3 is 15.3 Å². The molecule has 14 heavy (non-hydrogen) atoms. The Bertz CT molecular complexity index is 297. The Morgan fingerprint density at radius 2 is 2.00 bits per heavy atom. The Kier molecular flexibility index (Phi) is 3.77. The van der Waals surface area contributed by atoms with E-state index in [1.54, 1.807) is 0 Å². The van der Waals surface area contributed by atoms with Crippen molar-refractivity contribution in [3.63, 3.8) is 0 Å². The average Bonchev–Trinajstić information content (AvgIpc) is 2.18. The predicted molar refractivity (Wildman–Crippen MR) is 54.3 cm³/mol. The van der Waals surface area contributed by atoms with E-state index >= 15 is 0 Å². The minimum absolute atomic E-state index is 0.0337. The maximum atomic E-state index is 9.69. The summed E-state index contributed by atoms with van der Waals surface area (Å²) in [5, 5.41) is 28.3. The molecule has 3 N–H and O–H groups in total. The molecule has 0 amide bonds. The summed E-state index contributed by atoms with van der Waals surface area (Å²) in [6, 6.07) is 4.18. The molecule has 0 bridgehead atoms. The van der Waals surface area contributed by atoms with Crippen LogP contribution in [0.3, 0.4) is 0 Å². The second-order valence-corrected chi connectivity index (χ2v) is 3.40. The standard InChI is InChI=1S/C11H16O3/c1-2-3-4-10(13)9-7-8(12)5-6-11(9)14/h5-7,10,12-14H,2-4H2,1H3. The summed E-state index contributed by atoms with van der Waals surface area (Å²) in [5.41, 5.74) is 0.401. The Morgan fingerprint density at radius 3 is 2.64 bits per heavy atom. The SMILES string of the molecule is CCCCC(O)c1cc(O)ccc1O. The lowest BCUT2D eigenvalue weighted by molar-refractivity contribution is 0.160. The minimum Gasteiger partial charge on any atom is -0.508 e. The van der Waals surface area contributed by atoms with E-state index < -0.39 is 6.10 Å². The quantitative estimate of drug-likeness (QED) is 0.648. The molecule has 3 nitrogen and oxygen atoms in total. The van der Waals surface area contributed by atoms with Crippen LogP contribution in [0.1, 0.15) is 37.9 Å². The average molecular weight is 196 g/mol. The summed E-state index contributed by atoms with van der Waals surface area (Å²) in [6.07, 6.45) is 1.81. The first-order valence-corrected chi connectivity index (χ1v) is 4.85. The van der Waals surface area contributed by atoms with Gasteiger partial charge in [0.25, 0.3) is 0 Å². The number of benzene rings is 1. The van der Waals surface area contributed by atoms with Crippen LogP contribution >= 0.6 is 0 Å². The molecule has 78 valence electrons. The van der Waals surface area contributed by atoms with E-state index in [1.807, 2.05) is 6.92 Å². The highest BCUT2D eigenvalue weighted by Gasteiger charge is 2.12. The normalized spacial score (nSPS) is 12.7. The molecule has 0 aliphatic heterocycles. The number of phenolic OH excluding ortho intramolecular Hbond substituents is 2. The maximum Gasteiger partial charge on any atom is 0.121 e. The van der Waals surface area contributed by atoms with E-state index in [1.165, 1.54) is 18.2 Å². The topological polar surface area (TPSA) is 60.7 Å². The van der Waals surface area contributed by atoms with E-state index in [4.69, 9.17) is 0 Å². The van der Waals surface area contributed by atoms with Crippen molar-refractivity contribution in [1.82, 2.24) is 0 Å². The van der Waals surface area contributed by atoms with Gasteiger partial charge in [-0.05, 0) is 24.6 Å². The number of aliphatic hydroxyl groups excluding tert-OH is 1. The van der Waals surface area contributed by atoms with Crippen LogP contribution in [0.5, 0.6) is 11.5 Å². The molecule has 1 rings (SSSR count). The predicted octanol–water partition coefficient (Wildman–Crippen LogP) is 2.32. The maximum absolute atomic E-state index is 9.69. The zero-order chi connectivity index (χ0) is 10.6. The summed E-state index contributed by atoms with van der Waals surface area (Å²) in [5.74, 6) is 0.0970. The zero-order valence-corrected chi connectivity index (χ0v) is 8.27. The van der Waals surface area contributed by atoms with Crippen molar-refractivity contribution in [3.8, 4) is 11.5 Å². The van der Waals surface area contributed by atoms with Crippen molar-refractivity contribution in [2.75, 3.05) is 0 Å². The number of rotatable bonds is 4. The number of hydrogen-bond donors (Lipinski definition) is 3. The molecule has 0 spiro atoms. The lowest BCUT2D eigenvalue weighted by atomic mass is 10.0. The molecule has 0 aliphatic rings. The largest absolute Gasteiger partial charge is 0.508 e. The van der Waals surface area contributed by atoms with E-state index in [-0.39, 0.29) is 11.5 Å². The van der Waals surface area contributed by atoms with Gasteiger partial charge in [-0.3, -0.25) is 0 Å². The lowest BCUT2D eigenvalue weighted by Gasteiger charge is -2.12. The van der Waals surface area contributed by atoms with E-state index in [0.717, 1.165) is 12.8 Å². The van der Waals surface area contributed by atoms with Gasteiger partial charge in [0.2, 0.25) is 0 Å². The third kappa shape index (κ3) is 2.64. The molecule has 0 saturated carbocycles. The molecule has 0 aromatic heterocycles. The fraction of sp³-hybridized carbons (Fsp3) is 0.455. The van der Waals surface area contributed by atoms with Crippen LogP contribution in [-0.4, -0.2) is 15.3 Å². The van der Waals surface area contributed by atoms with Crippen LogP contribution in [0.25, 0.3) is 0 Å². The fourth-order valence-corrected chi connectivity index (χ4v) is 1.36. The van der Waals surface area contributed by atoms with Gasteiger partial charge in [0.05, 0.1) is 6.10 Å². The van der Waals surface area contributed by atoms with Gasteiger partial charge in [-0.1, -0.05) is 19.8 Å². The number of aliphatic hydroxyl groups is 1. The Balaban J connectivity index is 2.77. The summed E-state index contributed by atoms with van der Waals surface area (Å²) >= 11 is 0. The van der Waals surface area contributed by atoms with Crippen molar-refractivity contribution >= 4 is 0 Å². The molecular formula is C11H16O3. The molecule has 0 aliphatic carbocycles. The van der Waals surface area contributed by atoms with Crippen molar-refractivity contribution in [2.24, 2.45) is 0 Å². The molecule has 1 aromatic carbocycles. The Hall–Kier alpha value is -1.22. The molecule has 3 heteroatoms. The monoisotopic (exact) mass is 196 g/mol. The van der Waals surface area contributed by atoms with Crippen LogP contribution in [0, 0.1) is 0 Å². The first-order chi connectivity index (χ1) is 6.65. The fourth-order valence-electron chi connectivity index (χ4n) is 1.36. The molecule has 1 aromatic rings. The molecular weight excluding hydrogens is 180 g/mol. The Morgan fingerprint density at radius 1 is 1.29 bits per heavy atom. The Labute approximate surface area is 83.6 Å². The number of aromatic hydroxyl groups is 2. The van der Waals surface area contributed by atoms with Crippen molar-refractivity contribution in [3.05, 3.63) is 23.8 Å². The van der Waals surface area contributed by atoms with E-state index in [9.17, 15) is 15.3 Å². The van der Waals surface area contributed by atoms with Gasteiger partial charge >= 0.3 is 0 Å². The van der Waals surface area contributed by atoms with Gasteiger partial charge in [-0.2, -0.15) is 0 Å². The van der Waals surface area contributed by atoms with Crippen molar-refractivity contribution in [2.45, 2.75) is 32.3 Å². The third-order valence-electron chi connectivity index (χ3n) is 2.20. The molecule has 0 fully saturated rings. The first-order valence-electron chi connectivity index (χ1n) is 4.85. The molecule has 0 radical (unpaired) electrons. The van der Waals surface area contributed by atoms with Crippen LogP contribution in [0.15, 0.2) is 18.2 Å². The third-order valence-corrected chi connectivity index (χ3v) is 2.20. The summed E-state index contributed by atoms with van der Waals surface area (Å²) < 4.78 is 0. The van der Waals surface area contributed by atoms with Gasteiger partial charge in [0, 0.05) is 5.56 Å². The summed E-state index contributed by atoms with van der Waals surface area (Å²) in [6.45, 7) is 2.04. The second kappa shape index (κ2) is 4.86. The van der Waals surface area contributed by atoms with Gasteiger partial charge in [0.15, 0.2) is 0 Å². The smallest absolute Gasteiger partial charge is 0.121 e. The van der Waals surface area contributed by atoms with Crippen LogP contribution in [-0.2, 0) is 0 Å². The molecule has 0 saturated heterocycles. The number of phenols is 2.